The van der Waals surface area contributed by atoms with Gasteiger partial charge in [-0.2, -0.15) is 0 Å². The number of carboxylic acids is 2. The molecular weight excluding hydrogens is 412 g/mol. The van der Waals surface area contributed by atoms with Crippen LogP contribution in [0, 0.1) is 11.3 Å². The van der Waals surface area contributed by atoms with Crippen LogP contribution in [0.5, 0.6) is 0 Å². The molecule has 2 fully saturated rings. The van der Waals surface area contributed by atoms with Gasteiger partial charge in [-0.1, -0.05) is 26.2 Å². The highest BCUT2D eigenvalue weighted by Gasteiger charge is 2.43. The van der Waals surface area contributed by atoms with Crippen molar-refractivity contribution in [1.29, 1.82) is 0 Å². The van der Waals surface area contributed by atoms with Gasteiger partial charge in [-0.15, -0.1) is 0 Å². The predicted octanol–water partition coefficient (Wildman–Crippen LogP) is 1.87. The lowest BCUT2D eigenvalue weighted by molar-refractivity contribution is -0.144. The molecule has 3 atom stereocenters. The zero-order valence-corrected chi connectivity index (χ0v) is 18.4. The van der Waals surface area contributed by atoms with E-state index in [4.69, 9.17) is 0 Å². The first-order valence-corrected chi connectivity index (χ1v) is 12.5. The fourth-order valence-electron chi connectivity index (χ4n) is 4.72. The summed E-state index contributed by atoms with van der Waals surface area (Å²) in [5.74, 6) is -2.84. The maximum absolute atomic E-state index is 13.1. The summed E-state index contributed by atoms with van der Waals surface area (Å²) in [6.07, 6.45) is 6.17. The van der Waals surface area contributed by atoms with Crippen LogP contribution >= 0.6 is 0 Å². The molecule has 172 valence electrons. The molecule has 0 saturated heterocycles. The molecule has 4 N–H and O–H groups in total. The molecule has 2 aliphatic rings. The average Bonchev–Trinajstić information content (AvgIpc) is 3.15. The zero-order chi connectivity index (χ0) is 22.4. The van der Waals surface area contributed by atoms with Crippen LogP contribution in [0.15, 0.2) is 0 Å². The molecule has 2 rings (SSSR count). The number of carbonyl (C=O) groups is 3. The van der Waals surface area contributed by atoms with E-state index in [1.807, 2.05) is 0 Å². The first kappa shape index (κ1) is 24.6. The fourth-order valence-corrected chi connectivity index (χ4v) is 6.03. The first-order valence-electron chi connectivity index (χ1n) is 10.8. The molecule has 0 spiro atoms. The number of aliphatic carboxylic acids is 2. The van der Waals surface area contributed by atoms with E-state index >= 15 is 0 Å². The Morgan fingerprint density at radius 1 is 1.10 bits per heavy atom. The average molecular weight is 447 g/mol. The molecule has 30 heavy (non-hydrogen) atoms. The summed E-state index contributed by atoms with van der Waals surface area (Å²) in [5, 5.41) is 21.7. The second-order valence-electron chi connectivity index (χ2n) is 8.73. The lowest BCUT2D eigenvalue weighted by Gasteiger charge is -2.33. The summed E-state index contributed by atoms with van der Waals surface area (Å²) in [6, 6.07) is -1.46. The van der Waals surface area contributed by atoms with Crippen molar-refractivity contribution in [2.75, 3.05) is 5.75 Å². The molecule has 1 unspecified atom stereocenters. The molecule has 0 aromatic carbocycles. The third kappa shape index (κ3) is 6.66. The van der Waals surface area contributed by atoms with E-state index in [-0.39, 0.29) is 30.5 Å². The van der Waals surface area contributed by atoms with E-state index in [0.717, 1.165) is 25.7 Å². The summed E-state index contributed by atoms with van der Waals surface area (Å²) in [6.45, 7) is 1.70. The number of hydrogen-bond donors (Lipinski definition) is 4. The molecule has 0 aliphatic heterocycles. The number of nitrogens with one attached hydrogen (secondary N) is 2. The number of sulfonamides is 1. The van der Waals surface area contributed by atoms with Crippen LogP contribution in [0.3, 0.4) is 0 Å². The van der Waals surface area contributed by atoms with Crippen LogP contribution in [0.25, 0.3) is 0 Å². The molecule has 0 aromatic rings. The van der Waals surface area contributed by atoms with Crippen molar-refractivity contribution in [2.45, 2.75) is 89.6 Å². The normalized spacial score (nSPS) is 24.8. The Bertz CT molecular complexity index is 731. The monoisotopic (exact) mass is 446 g/mol. The molecule has 2 aliphatic carbocycles. The molecule has 0 aromatic heterocycles. The first-order chi connectivity index (χ1) is 14.1. The third-order valence-electron chi connectivity index (χ3n) is 6.41. The number of rotatable bonds is 11. The number of amides is 1. The Kier molecular flexibility index (Phi) is 8.66. The molecule has 9 nitrogen and oxygen atoms in total. The summed E-state index contributed by atoms with van der Waals surface area (Å²) in [5.41, 5.74) is -0.722. The largest absolute Gasteiger partial charge is 0.481 e. The van der Waals surface area contributed by atoms with Crippen molar-refractivity contribution in [3.63, 3.8) is 0 Å². The van der Waals surface area contributed by atoms with Gasteiger partial charge in [-0.3, -0.25) is 14.4 Å². The molecule has 0 heterocycles. The van der Waals surface area contributed by atoms with Crippen molar-refractivity contribution >= 4 is 27.9 Å². The van der Waals surface area contributed by atoms with Crippen LogP contribution in [0.2, 0.25) is 0 Å². The highest BCUT2D eigenvalue weighted by atomic mass is 32.2. The van der Waals surface area contributed by atoms with Crippen molar-refractivity contribution < 1.29 is 33.0 Å². The van der Waals surface area contributed by atoms with Crippen molar-refractivity contribution in [3.05, 3.63) is 0 Å². The third-order valence-corrected chi connectivity index (χ3v) is 7.99. The van der Waals surface area contributed by atoms with Crippen molar-refractivity contribution in [1.82, 2.24) is 10.0 Å². The van der Waals surface area contributed by atoms with Gasteiger partial charge >= 0.3 is 11.9 Å². The van der Waals surface area contributed by atoms with Gasteiger partial charge in [0.15, 0.2) is 0 Å². The van der Waals surface area contributed by atoms with Crippen LogP contribution < -0.4 is 10.0 Å². The Hall–Kier alpha value is -1.68. The maximum atomic E-state index is 13.1. The van der Waals surface area contributed by atoms with E-state index in [1.54, 1.807) is 6.92 Å². The molecule has 2 saturated carbocycles. The second-order valence-corrected chi connectivity index (χ2v) is 10.6. The second kappa shape index (κ2) is 10.6. The van der Waals surface area contributed by atoms with E-state index in [9.17, 15) is 33.0 Å². The van der Waals surface area contributed by atoms with E-state index in [0.29, 0.717) is 32.1 Å². The van der Waals surface area contributed by atoms with Crippen LogP contribution in [0.4, 0.5) is 0 Å². The van der Waals surface area contributed by atoms with E-state index < -0.39 is 39.3 Å². The lowest BCUT2D eigenvalue weighted by atomic mass is 9.78. The predicted molar refractivity (Wildman–Crippen MR) is 110 cm³/mol. The van der Waals surface area contributed by atoms with Gasteiger partial charge in [0.25, 0.3) is 0 Å². The van der Waals surface area contributed by atoms with Crippen LogP contribution in [-0.2, 0) is 24.4 Å². The molecular formula is C20H34N2O7S. The lowest BCUT2D eigenvalue weighted by Crippen LogP contribution is -2.48. The Labute approximate surface area is 178 Å². The van der Waals surface area contributed by atoms with E-state index in [1.165, 1.54) is 0 Å². The zero-order valence-electron chi connectivity index (χ0n) is 17.6. The summed E-state index contributed by atoms with van der Waals surface area (Å²) < 4.78 is 26.3. The summed E-state index contributed by atoms with van der Waals surface area (Å²) >= 11 is 0. The minimum Gasteiger partial charge on any atom is -0.481 e. The molecule has 0 bridgehead atoms. The molecule has 0 radical (unpaired) electrons. The van der Waals surface area contributed by atoms with Gasteiger partial charge in [0.1, 0.15) is 6.04 Å². The summed E-state index contributed by atoms with van der Waals surface area (Å²) in [4.78, 5) is 36.0. The Balaban J connectivity index is 2.03. The standard InChI is InChI=1S/C20H34N2O7S/c1-2-12-30(28,29)22-16(18(25)26)8-11-20(9-3-4-10-20)19(27)21-15-7-5-6-14(13-15)17(23)24/h14-16,22H,2-13H2,1H3,(H,21,27)(H,23,24)(H,25,26)/t14-,15+,16?/m1/s1. The highest BCUT2D eigenvalue weighted by molar-refractivity contribution is 7.89. The molecule has 10 heteroatoms. The van der Waals surface area contributed by atoms with Crippen LogP contribution in [0.1, 0.15) is 77.6 Å². The topological polar surface area (TPSA) is 150 Å². The van der Waals surface area contributed by atoms with Gasteiger partial charge < -0.3 is 15.5 Å². The summed E-state index contributed by atoms with van der Waals surface area (Å²) in [7, 11) is -3.69. The smallest absolute Gasteiger partial charge is 0.321 e. The highest BCUT2D eigenvalue weighted by Crippen LogP contribution is 2.43. The Morgan fingerprint density at radius 3 is 2.33 bits per heavy atom. The van der Waals surface area contributed by atoms with Crippen molar-refractivity contribution in [3.8, 4) is 0 Å². The maximum Gasteiger partial charge on any atom is 0.321 e. The minimum atomic E-state index is -3.69. The van der Waals surface area contributed by atoms with Crippen molar-refractivity contribution in [2.24, 2.45) is 11.3 Å². The quantitative estimate of drug-likeness (QED) is 0.378. The van der Waals surface area contributed by atoms with E-state index in [2.05, 4.69) is 10.0 Å². The van der Waals surface area contributed by atoms with Crippen LogP contribution in [-0.4, -0.2) is 54.3 Å². The number of carboxylic acid groups (broad SMARTS) is 2. The van der Waals surface area contributed by atoms with Gasteiger partial charge in [-0.05, 0) is 51.4 Å². The SMILES string of the molecule is CCCS(=O)(=O)NC(CCC1(C(=O)N[C@H]2CCC[C@@H](C(=O)O)C2)CCCC1)C(=O)O. The molecule has 1 amide bonds. The van der Waals surface area contributed by atoms with Gasteiger partial charge in [0.05, 0.1) is 11.7 Å². The Morgan fingerprint density at radius 2 is 1.77 bits per heavy atom. The van der Waals surface area contributed by atoms with Gasteiger partial charge in [-0.25, -0.2) is 13.1 Å². The van der Waals surface area contributed by atoms with Gasteiger partial charge in [0.2, 0.25) is 15.9 Å². The minimum absolute atomic E-state index is 0.0358. The fraction of sp³-hybridized carbons (Fsp3) is 0.850. The van der Waals surface area contributed by atoms with Gasteiger partial charge in [0, 0.05) is 11.5 Å². The number of carbonyl (C=O) groups excluding carboxylic acids is 1. The number of hydrogen-bond acceptors (Lipinski definition) is 5.